The van der Waals surface area contributed by atoms with E-state index in [0.29, 0.717) is 15.8 Å². The highest BCUT2D eigenvalue weighted by atomic mass is 35.5. The maximum atomic E-state index is 11.9. The van der Waals surface area contributed by atoms with Crippen molar-refractivity contribution in [2.75, 3.05) is 12.4 Å². The van der Waals surface area contributed by atoms with Crippen LogP contribution in [0.25, 0.3) is 0 Å². The number of halogens is 2. The molecule has 1 atom stereocenters. The lowest BCUT2D eigenvalue weighted by atomic mass is 10.1. The Labute approximate surface area is 167 Å². The van der Waals surface area contributed by atoms with E-state index in [1.165, 1.54) is 11.8 Å². The van der Waals surface area contributed by atoms with Crippen LogP contribution in [0.15, 0.2) is 48.5 Å². The third-order valence-corrected chi connectivity index (χ3v) is 5.23. The summed E-state index contributed by atoms with van der Waals surface area (Å²) in [5, 5.41) is 3.77. The molecule has 0 saturated heterocycles. The van der Waals surface area contributed by atoms with Gasteiger partial charge in [0.1, 0.15) is 0 Å². The van der Waals surface area contributed by atoms with E-state index in [4.69, 9.17) is 27.9 Å². The van der Waals surface area contributed by atoms with Crippen molar-refractivity contribution in [2.24, 2.45) is 0 Å². The first kappa shape index (κ1) is 20.6. The molecule has 26 heavy (non-hydrogen) atoms. The summed E-state index contributed by atoms with van der Waals surface area (Å²) in [7, 11) is 0. The van der Waals surface area contributed by atoms with Crippen molar-refractivity contribution in [3.05, 3.63) is 69.7 Å². The molecule has 2 aromatic carbocycles. The Morgan fingerprint density at radius 1 is 1.12 bits per heavy atom. The van der Waals surface area contributed by atoms with Crippen LogP contribution >= 0.6 is 35.0 Å². The first-order chi connectivity index (χ1) is 12.5. The molecule has 0 aliphatic rings. The lowest BCUT2D eigenvalue weighted by Crippen LogP contribution is -2.31. The van der Waals surface area contributed by atoms with Crippen LogP contribution in [0.4, 0.5) is 0 Å². The lowest BCUT2D eigenvalue weighted by Gasteiger charge is -2.14. The summed E-state index contributed by atoms with van der Waals surface area (Å²) >= 11 is 13.2. The van der Waals surface area contributed by atoms with Crippen LogP contribution in [-0.2, 0) is 20.1 Å². The first-order valence-corrected chi connectivity index (χ1v) is 9.88. The summed E-state index contributed by atoms with van der Waals surface area (Å²) in [6.07, 6.45) is 0. The van der Waals surface area contributed by atoms with Gasteiger partial charge in [0.2, 0.25) is 0 Å². The average molecular weight is 412 g/mol. The Morgan fingerprint density at radius 3 is 2.54 bits per heavy atom. The van der Waals surface area contributed by atoms with Gasteiger partial charge in [-0.2, -0.15) is 0 Å². The van der Waals surface area contributed by atoms with Gasteiger partial charge in [0.15, 0.2) is 6.61 Å². The number of hydrogen-bond donors (Lipinski definition) is 1. The Bertz CT molecular complexity index is 756. The van der Waals surface area contributed by atoms with Crippen LogP contribution in [0.5, 0.6) is 0 Å². The normalized spacial score (nSPS) is 11.7. The van der Waals surface area contributed by atoms with Crippen LogP contribution in [0.1, 0.15) is 24.1 Å². The van der Waals surface area contributed by atoms with Crippen molar-refractivity contribution in [3.63, 3.8) is 0 Å². The standard InChI is InChI=1S/C19H19Cl2NO3S/c1-13(15-5-3-2-4-6-15)22-18(23)10-25-19(24)12-26-11-14-7-8-16(20)17(21)9-14/h2-9,13H,10-12H2,1H3,(H,22,23)/t13-/m1/s1. The monoisotopic (exact) mass is 411 g/mol. The number of carbonyl (C=O) groups is 2. The van der Waals surface area contributed by atoms with E-state index >= 15 is 0 Å². The van der Waals surface area contributed by atoms with Crippen molar-refractivity contribution in [1.82, 2.24) is 5.32 Å². The van der Waals surface area contributed by atoms with E-state index in [9.17, 15) is 9.59 Å². The number of hydrogen-bond acceptors (Lipinski definition) is 4. The number of thioether (sulfide) groups is 1. The van der Waals surface area contributed by atoms with Gasteiger partial charge in [0.25, 0.3) is 5.91 Å². The summed E-state index contributed by atoms with van der Waals surface area (Å²) in [6, 6.07) is 14.8. The third-order valence-electron chi connectivity index (χ3n) is 3.51. The first-order valence-electron chi connectivity index (χ1n) is 7.97. The molecule has 1 amide bonds. The fraction of sp³-hybridized carbons (Fsp3) is 0.263. The molecular weight excluding hydrogens is 393 g/mol. The van der Waals surface area contributed by atoms with Gasteiger partial charge in [-0.1, -0.05) is 59.6 Å². The minimum atomic E-state index is -0.433. The minimum absolute atomic E-state index is 0.147. The second kappa shape index (κ2) is 10.5. The number of ether oxygens (including phenoxy) is 1. The number of benzene rings is 2. The van der Waals surface area contributed by atoms with Gasteiger partial charge in [0, 0.05) is 5.75 Å². The van der Waals surface area contributed by atoms with Gasteiger partial charge in [-0.05, 0) is 30.2 Å². The number of rotatable bonds is 8. The number of amides is 1. The van der Waals surface area contributed by atoms with E-state index < -0.39 is 5.97 Å². The van der Waals surface area contributed by atoms with E-state index in [-0.39, 0.29) is 24.3 Å². The molecule has 4 nitrogen and oxygen atoms in total. The average Bonchev–Trinajstić information content (AvgIpc) is 2.63. The molecule has 7 heteroatoms. The van der Waals surface area contributed by atoms with Gasteiger partial charge in [-0.15, -0.1) is 11.8 Å². The molecule has 0 bridgehead atoms. The van der Waals surface area contributed by atoms with E-state index in [1.807, 2.05) is 43.3 Å². The van der Waals surface area contributed by atoms with E-state index in [2.05, 4.69) is 5.32 Å². The molecule has 2 aromatic rings. The zero-order valence-corrected chi connectivity index (χ0v) is 16.5. The van der Waals surface area contributed by atoms with Crippen molar-refractivity contribution < 1.29 is 14.3 Å². The largest absolute Gasteiger partial charge is 0.455 e. The Balaban J connectivity index is 1.66. The second-order valence-electron chi connectivity index (χ2n) is 5.60. The van der Waals surface area contributed by atoms with Crippen LogP contribution in [0, 0.1) is 0 Å². The Morgan fingerprint density at radius 2 is 1.85 bits per heavy atom. The highest BCUT2D eigenvalue weighted by Gasteiger charge is 2.12. The molecule has 0 aliphatic heterocycles. The maximum Gasteiger partial charge on any atom is 0.316 e. The third kappa shape index (κ3) is 6.90. The summed E-state index contributed by atoms with van der Waals surface area (Å²) in [5.41, 5.74) is 1.95. The molecule has 1 N–H and O–H groups in total. The maximum absolute atomic E-state index is 11.9. The number of esters is 1. The fourth-order valence-electron chi connectivity index (χ4n) is 2.18. The van der Waals surface area contributed by atoms with Gasteiger partial charge in [-0.3, -0.25) is 9.59 Å². The lowest BCUT2D eigenvalue weighted by molar-refractivity contribution is -0.146. The molecule has 0 aliphatic carbocycles. The topological polar surface area (TPSA) is 55.4 Å². The predicted molar refractivity (Wildman–Crippen MR) is 107 cm³/mol. The van der Waals surface area contributed by atoms with Gasteiger partial charge >= 0.3 is 5.97 Å². The summed E-state index contributed by atoms with van der Waals surface area (Å²) in [6.45, 7) is 1.59. The zero-order valence-electron chi connectivity index (χ0n) is 14.2. The fourth-order valence-corrected chi connectivity index (χ4v) is 3.27. The molecule has 0 aromatic heterocycles. The Kier molecular flexibility index (Phi) is 8.29. The number of carbonyl (C=O) groups excluding carboxylic acids is 2. The Hall–Kier alpha value is -1.69. The molecule has 2 rings (SSSR count). The van der Waals surface area contributed by atoms with Gasteiger partial charge < -0.3 is 10.1 Å². The molecule has 0 unspecified atom stereocenters. The highest BCUT2D eigenvalue weighted by molar-refractivity contribution is 7.99. The summed E-state index contributed by atoms with van der Waals surface area (Å²) < 4.78 is 5.00. The van der Waals surface area contributed by atoms with Crippen molar-refractivity contribution in [2.45, 2.75) is 18.7 Å². The molecule has 0 fully saturated rings. The number of nitrogens with one attached hydrogen (secondary N) is 1. The second-order valence-corrected chi connectivity index (χ2v) is 7.40. The quantitative estimate of drug-likeness (QED) is 0.642. The van der Waals surface area contributed by atoms with Gasteiger partial charge in [0.05, 0.1) is 21.8 Å². The molecule has 0 heterocycles. The smallest absolute Gasteiger partial charge is 0.316 e. The van der Waals surface area contributed by atoms with Crippen LogP contribution < -0.4 is 5.32 Å². The molecule has 0 saturated carbocycles. The van der Waals surface area contributed by atoms with Crippen LogP contribution in [0.3, 0.4) is 0 Å². The summed E-state index contributed by atoms with van der Waals surface area (Å²) in [4.78, 5) is 23.6. The van der Waals surface area contributed by atoms with Crippen LogP contribution in [-0.4, -0.2) is 24.2 Å². The van der Waals surface area contributed by atoms with Crippen molar-refractivity contribution in [1.29, 1.82) is 0 Å². The van der Waals surface area contributed by atoms with Crippen molar-refractivity contribution in [3.8, 4) is 0 Å². The van der Waals surface area contributed by atoms with E-state index in [1.54, 1.807) is 12.1 Å². The van der Waals surface area contributed by atoms with Crippen molar-refractivity contribution >= 4 is 46.8 Å². The summed E-state index contributed by atoms with van der Waals surface area (Å²) in [5.74, 6) is -0.00731. The zero-order chi connectivity index (χ0) is 18.9. The molecule has 0 spiro atoms. The van der Waals surface area contributed by atoms with Crippen LogP contribution in [0.2, 0.25) is 10.0 Å². The highest BCUT2D eigenvalue weighted by Crippen LogP contribution is 2.24. The SMILES string of the molecule is C[C@@H](NC(=O)COC(=O)CSCc1ccc(Cl)c(Cl)c1)c1ccccc1. The molecular formula is C19H19Cl2NO3S. The minimum Gasteiger partial charge on any atom is -0.455 e. The predicted octanol–water partition coefficient (Wildman–Crippen LogP) is 4.65. The van der Waals surface area contributed by atoms with Gasteiger partial charge in [-0.25, -0.2) is 0 Å². The van der Waals surface area contributed by atoms with E-state index in [0.717, 1.165) is 11.1 Å². The molecule has 138 valence electrons. The molecule has 0 radical (unpaired) electrons.